The number of amides is 1. The second kappa shape index (κ2) is 5.52. The average Bonchev–Trinajstić information content (AvgIpc) is 2.43. The fourth-order valence-electron chi connectivity index (χ4n) is 1.74. The van der Waals surface area contributed by atoms with Gasteiger partial charge in [0, 0.05) is 11.9 Å². The van der Waals surface area contributed by atoms with Crippen LogP contribution in [0.25, 0.3) is 0 Å². The first-order valence-electron chi connectivity index (χ1n) is 5.99. The van der Waals surface area contributed by atoms with E-state index in [2.05, 4.69) is 10.3 Å². The van der Waals surface area contributed by atoms with Crippen LogP contribution < -0.4 is 10.1 Å². The first-order valence-corrected chi connectivity index (χ1v) is 5.99. The highest BCUT2D eigenvalue weighted by atomic mass is 16.5. The number of carbonyl (C=O) groups excluding carboxylic acids is 1. The fraction of sp³-hybridized carbons (Fsp3) is 0.200. The van der Waals surface area contributed by atoms with E-state index < -0.39 is 0 Å². The van der Waals surface area contributed by atoms with E-state index in [1.807, 2.05) is 32.0 Å². The highest BCUT2D eigenvalue weighted by Crippen LogP contribution is 2.18. The lowest BCUT2D eigenvalue weighted by Crippen LogP contribution is -2.13. The number of carbonyl (C=O) groups is 1. The van der Waals surface area contributed by atoms with Gasteiger partial charge in [-0.05, 0) is 49.2 Å². The molecule has 1 N–H and O–H groups in total. The highest BCUT2D eigenvalue weighted by molar-refractivity contribution is 6.05. The second-order valence-electron chi connectivity index (χ2n) is 4.31. The molecule has 0 aliphatic carbocycles. The minimum absolute atomic E-state index is 0.229. The summed E-state index contributed by atoms with van der Waals surface area (Å²) in [6, 6.07) is 9.19. The summed E-state index contributed by atoms with van der Waals surface area (Å²) in [6.07, 6.45) is 1.59. The molecule has 1 aromatic carbocycles. The molecule has 98 valence electrons. The Bertz CT molecular complexity index is 609. The number of hydrogen-bond donors (Lipinski definition) is 1. The van der Waals surface area contributed by atoms with Crippen LogP contribution in [-0.4, -0.2) is 18.0 Å². The summed E-state index contributed by atoms with van der Waals surface area (Å²) in [5.74, 6) is 0.0945. The van der Waals surface area contributed by atoms with Crippen LogP contribution in [0.5, 0.6) is 5.88 Å². The van der Waals surface area contributed by atoms with Crippen LogP contribution in [0.2, 0.25) is 0 Å². The lowest BCUT2D eigenvalue weighted by Gasteiger charge is -2.09. The molecular formula is C15H16N2O2. The Balaban J connectivity index is 2.23. The van der Waals surface area contributed by atoms with Crippen molar-refractivity contribution < 1.29 is 9.53 Å². The standard InChI is InChI=1S/C15H16N2O2/c1-10-6-7-12(9-11(10)2)17-14(18)13-5-4-8-16-15(13)19-3/h4-9H,1-3H3,(H,17,18). The molecule has 2 rings (SSSR count). The van der Waals surface area contributed by atoms with E-state index in [0.29, 0.717) is 11.4 Å². The van der Waals surface area contributed by atoms with Gasteiger partial charge in [0.05, 0.1) is 7.11 Å². The number of anilines is 1. The molecule has 4 nitrogen and oxygen atoms in total. The number of nitrogens with one attached hydrogen (secondary N) is 1. The lowest BCUT2D eigenvalue weighted by molar-refractivity contribution is 0.102. The van der Waals surface area contributed by atoms with Crippen molar-refractivity contribution in [3.8, 4) is 5.88 Å². The zero-order chi connectivity index (χ0) is 13.8. The van der Waals surface area contributed by atoms with Gasteiger partial charge < -0.3 is 10.1 Å². The first-order chi connectivity index (χ1) is 9.11. The normalized spacial score (nSPS) is 10.1. The number of aryl methyl sites for hydroxylation is 2. The monoisotopic (exact) mass is 256 g/mol. The number of pyridine rings is 1. The van der Waals surface area contributed by atoms with Crippen LogP contribution >= 0.6 is 0 Å². The number of methoxy groups -OCH3 is 1. The summed E-state index contributed by atoms with van der Waals surface area (Å²) >= 11 is 0. The molecule has 0 unspecified atom stereocenters. The van der Waals surface area contributed by atoms with Crippen molar-refractivity contribution in [1.29, 1.82) is 0 Å². The summed E-state index contributed by atoms with van der Waals surface area (Å²) in [4.78, 5) is 16.2. The molecule has 19 heavy (non-hydrogen) atoms. The maximum atomic E-state index is 12.2. The number of nitrogens with zero attached hydrogens (tertiary/aromatic N) is 1. The number of ether oxygens (including phenoxy) is 1. The molecule has 1 heterocycles. The minimum Gasteiger partial charge on any atom is -0.480 e. The summed E-state index contributed by atoms with van der Waals surface area (Å²) in [5, 5.41) is 2.84. The molecule has 0 radical (unpaired) electrons. The van der Waals surface area contributed by atoms with Crippen LogP contribution in [0, 0.1) is 13.8 Å². The van der Waals surface area contributed by atoms with E-state index in [1.54, 1.807) is 18.3 Å². The molecule has 1 aromatic heterocycles. The third-order valence-corrected chi connectivity index (χ3v) is 2.97. The minimum atomic E-state index is -0.229. The SMILES string of the molecule is COc1ncccc1C(=O)Nc1ccc(C)c(C)c1. The van der Waals surface area contributed by atoms with Gasteiger partial charge >= 0.3 is 0 Å². The zero-order valence-corrected chi connectivity index (χ0v) is 11.2. The van der Waals surface area contributed by atoms with E-state index in [9.17, 15) is 4.79 Å². The molecule has 2 aromatic rings. The van der Waals surface area contributed by atoms with Crippen molar-refractivity contribution in [2.24, 2.45) is 0 Å². The van der Waals surface area contributed by atoms with Gasteiger partial charge in [-0.15, -0.1) is 0 Å². The first kappa shape index (κ1) is 13.1. The summed E-state index contributed by atoms with van der Waals surface area (Å²) < 4.78 is 5.08. The van der Waals surface area contributed by atoms with Gasteiger partial charge in [-0.3, -0.25) is 4.79 Å². The van der Waals surface area contributed by atoms with Gasteiger partial charge in [-0.1, -0.05) is 6.07 Å². The van der Waals surface area contributed by atoms with Gasteiger partial charge in [0.25, 0.3) is 5.91 Å². The van der Waals surface area contributed by atoms with Crippen molar-refractivity contribution in [2.75, 3.05) is 12.4 Å². The molecule has 1 amide bonds. The Morgan fingerprint density at radius 1 is 1.21 bits per heavy atom. The quantitative estimate of drug-likeness (QED) is 0.918. The largest absolute Gasteiger partial charge is 0.480 e. The summed E-state index contributed by atoms with van der Waals surface area (Å²) in [5.41, 5.74) is 3.51. The molecule has 0 saturated heterocycles. The van der Waals surface area contributed by atoms with Gasteiger partial charge in [0.2, 0.25) is 5.88 Å². The third kappa shape index (κ3) is 2.91. The molecule has 0 saturated carbocycles. The highest BCUT2D eigenvalue weighted by Gasteiger charge is 2.12. The molecule has 0 atom stereocenters. The third-order valence-electron chi connectivity index (χ3n) is 2.97. The number of rotatable bonds is 3. The fourth-order valence-corrected chi connectivity index (χ4v) is 1.74. The van der Waals surface area contributed by atoms with Gasteiger partial charge in [-0.2, -0.15) is 0 Å². The van der Waals surface area contributed by atoms with Crippen molar-refractivity contribution in [3.05, 3.63) is 53.2 Å². The van der Waals surface area contributed by atoms with Crippen molar-refractivity contribution in [1.82, 2.24) is 4.98 Å². The van der Waals surface area contributed by atoms with Crippen LogP contribution in [0.3, 0.4) is 0 Å². The van der Waals surface area contributed by atoms with E-state index in [4.69, 9.17) is 4.74 Å². The number of hydrogen-bond acceptors (Lipinski definition) is 3. The van der Waals surface area contributed by atoms with Crippen LogP contribution in [0.1, 0.15) is 21.5 Å². The Morgan fingerprint density at radius 3 is 2.68 bits per heavy atom. The number of aromatic nitrogens is 1. The topological polar surface area (TPSA) is 51.2 Å². The maximum Gasteiger partial charge on any atom is 0.261 e. The molecule has 0 spiro atoms. The average molecular weight is 256 g/mol. The Labute approximate surface area is 112 Å². The van der Waals surface area contributed by atoms with Crippen molar-refractivity contribution in [3.63, 3.8) is 0 Å². The maximum absolute atomic E-state index is 12.2. The van der Waals surface area contributed by atoms with Crippen molar-refractivity contribution >= 4 is 11.6 Å². The lowest BCUT2D eigenvalue weighted by atomic mass is 10.1. The molecule has 0 aliphatic heterocycles. The van der Waals surface area contributed by atoms with Crippen LogP contribution in [-0.2, 0) is 0 Å². The molecule has 0 fully saturated rings. The summed E-state index contributed by atoms with van der Waals surface area (Å²) in [7, 11) is 1.50. The van der Waals surface area contributed by atoms with E-state index in [-0.39, 0.29) is 5.91 Å². The molecule has 0 bridgehead atoms. The zero-order valence-electron chi connectivity index (χ0n) is 11.2. The van der Waals surface area contributed by atoms with Crippen LogP contribution in [0.4, 0.5) is 5.69 Å². The Hall–Kier alpha value is -2.36. The van der Waals surface area contributed by atoms with E-state index >= 15 is 0 Å². The number of benzene rings is 1. The predicted molar refractivity (Wildman–Crippen MR) is 74.7 cm³/mol. The Morgan fingerprint density at radius 2 is 2.00 bits per heavy atom. The van der Waals surface area contributed by atoms with Crippen molar-refractivity contribution in [2.45, 2.75) is 13.8 Å². The van der Waals surface area contributed by atoms with E-state index in [0.717, 1.165) is 11.3 Å². The Kier molecular flexibility index (Phi) is 3.80. The van der Waals surface area contributed by atoms with Gasteiger partial charge in [-0.25, -0.2) is 4.98 Å². The van der Waals surface area contributed by atoms with Gasteiger partial charge in [0.1, 0.15) is 5.56 Å². The van der Waals surface area contributed by atoms with Gasteiger partial charge in [0.15, 0.2) is 0 Å². The van der Waals surface area contributed by atoms with Crippen LogP contribution in [0.15, 0.2) is 36.5 Å². The molecule has 4 heteroatoms. The second-order valence-corrected chi connectivity index (χ2v) is 4.31. The summed E-state index contributed by atoms with van der Waals surface area (Å²) in [6.45, 7) is 4.04. The smallest absolute Gasteiger partial charge is 0.261 e. The predicted octanol–water partition coefficient (Wildman–Crippen LogP) is 2.96. The van der Waals surface area contributed by atoms with E-state index in [1.165, 1.54) is 12.7 Å². The molecule has 0 aliphatic rings. The molecular weight excluding hydrogens is 240 g/mol.